The van der Waals surface area contributed by atoms with Crippen LogP contribution >= 0.6 is 7.82 Å². The zero-order valence-corrected chi connectivity index (χ0v) is 31.7. The van der Waals surface area contributed by atoms with Crippen LogP contribution in [0, 0.1) is 0 Å². The molecular weight excluding hydrogens is 671 g/mol. The Morgan fingerprint density at radius 3 is 1.55 bits per heavy atom. The number of ether oxygens (including phenoxy) is 2. The SMILES string of the molecule is CC/C=C/C=C/C=C/C=C/CCCCCCCC(=O)OCC(COP(=O)(O)OC[C@@H](O)CO)OC(=O)CCCCC/C=C/C=C/C=C/C=C/CC. The van der Waals surface area contributed by atoms with Gasteiger partial charge in [0.25, 0.3) is 0 Å². The number of phosphoric acid groups is 1. The highest BCUT2D eigenvalue weighted by Crippen LogP contribution is 2.43. The summed E-state index contributed by atoms with van der Waals surface area (Å²) < 4.78 is 32.5. The minimum Gasteiger partial charge on any atom is -0.462 e. The van der Waals surface area contributed by atoms with Crippen molar-refractivity contribution < 1.29 is 47.8 Å². The second kappa shape index (κ2) is 35.3. The fourth-order valence-corrected chi connectivity index (χ4v) is 4.92. The van der Waals surface area contributed by atoms with Crippen molar-refractivity contribution in [2.45, 2.75) is 116 Å². The number of unbranched alkanes of at least 4 members (excludes halogenated alkanes) is 8. The zero-order valence-electron chi connectivity index (χ0n) is 30.8. The third-order valence-corrected chi connectivity index (χ3v) is 7.87. The topological polar surface area (TPSA) is 149 Å². The van der Waals surface area contributed by atoms with Gasteiger partial charge in [-0.15, -0.1) is 0 Å². The molecule has 0 aliphatic rings. The van der Waals surface area contributed by atoms with Crippen molar-refractivity contribution in [1.82, 2.24) is 0 Å². The standard InChI is InChI=1S/C40H63O10P/c1-3-5-7-9-11-13-15-17-18-20-21-23-25-27-29-31-39(43)47-35-38(36-49-51(45,46)48-34-37(42)33-41)50-40(44)32-30-28-26-24-22-19-16-14-12-10-8-6-4-2/h5-19,22,37-38,41-42H,3-4,20-21,23-36H2,1-2H3,(H,45,46)/b7-5+,8-6+,11-9+,12-10+,15-13+,16-14+,18-17+,22-19+/t37-,38?/m0/s1. The molecule has 11 heteroatoms. The number of aliphatic hydroxyl groups excluding tert-OH is 2. The number of carbonyl (C=O) groups is 2. The van der Waals surface area contributed by atoms with Crippen LogP contribution in [0.15, 0.2) is 97.2 Å². The molecule has 0 fully saturated rings. The monoisotopic (exact) mass is 734 g/mol. The van der Waals surface area contributed by atoms with Crippen molar-refractivity contribution >= 4 is 19.8 Å². The molecule has 0 aromatic heterocycles. The predicted octanol–water partition coefficient (Wildman–Crippen LogP) is 8.88. The molecule has 51 heavy (non-hydrogen) atoms. The third-order valence-electron chi connectivity index (χ3n) is 6.92. The van der Waals surface area contributed by atoms with E-state index in [0.717, 1.165) is 64.2 Å². The maximum atomic E-state index is 12.5. The average molecular weight is 735 g/mol. The summed E-state index contributed by atoms with van der Waals surface area (Å²) in [4.78, 5) is 34.8. The van der Waals surface area contributed by atoms with Gasteiger partial charge in [0.2, 0.25) is 0 Å². The van der Waals surface area contributed by atoms with Crippen molar-refractivity contribution in [3.63, 3.8) is 0 Å². The Hall–Kier alpha value is -3.11. The van der Waals surface area contributed by atoms with Crippen molar-refractivity contribution in [1.29, 1.82) is 0 Å². The Balaban J connectivity index is 4.53. The molecule has 0 aliphatic carbocycles. The second-order valence-corrected chi connectivity index (χ2v) is 13.1. The Bertz CT molecular complexity index is 1170. The number of phosphoric ester groups is 1. The summed E-state index contributed by atoms with van der Waals surface area (Å²) in [5.74, 6) is -1.01. The molecule has 2 unspecified atom stereocenters. The van der Waals surface area contributed by atoms with E-state index in [1.54, 1.807) is 0 Å². The molecule has 3 atom stereocenters. The first-order valence-corrected chi connectivity index (χ1v) is 19.8. The number of esters is 2. The van der Waals surface area contributed by atoms with Gasteiger partial charge in [-0.05, 0) is 51.4 Å². The van der Waals surface area contributed by atoms with Gasteiger partial charge < -0.3 is 24.6 Å². The fourth-order valence-electron chi connectivity index (χ4n) is 4.13. The molecular formula is C40H63O10P. The molecule has 0 aromatic carbocycles. The van der Waals surface area contributed by atoms with Gasteiger partial charge in [-0.25, -0.2) is 4.57 Å². The van der Waals surface area contributed by atoms with Crippen molar-refractivity contribution in [3.05, 3.63) is 97.2 Å². The average Bonchev–Trinajstić information content (AvgIpc) is 3.12. The van der Waals surface area contributed by atoms with E-state index in [-0.39, 0.29) is 19.4 Å². The lowest BCUT2D eigenvalue weighted by Crippen LogP contribution is -2.29. The lowest BCUT2D eigenvalue weighted by Gasteiger charge is -2.20. The van der Waals surface area contributed by atoms with Crippen LogP contribution < -0.4 is 0 Å². The van der Waals surface area contributed by atoms with Crippen LogP contribution in [0.25, 0.3) is 0 Å². The zero-order chi connectivity index (χ0) is 37.7. The predicted molar refractivity (Wildman–Crippen MR) is 205 cm³/mol. The number of hydrogen-bond donors (Lipinski definition) is 3. The molecule has 0 amide bonds. The summed E-state index contributed by atoms with van der Waals surface area (Å²) in [6.45, 7) is 1.97. The van der Waals surface area contributed by atoms with Gasteiger partial charge in [0.05, 0.1) is 19.8 Å². The number of rotatable bonds is 32. The van der Waals surface area contributed by atoms with Gasteiger partial charge in [-0.2, -0.15) is 0 Å². The molecule has 0 heterocycles. The van der Waals surface area contributed by atoms with E-state index < -0.39 is 51.8 Å². The van der Waals surface area contributed by atoms with Crippen LogP contribution in [0.1, 0.15) is 104 Å². The van der Waals surface area contributed by atoms with Gasteiger partial charge in [-0.1, -0.05) is 137 Å². The van der Waals surface area contributed by atoms with Crippen LogP contribution in [0.3, 0.4) is 0 Å². The molecule has 3 N–H and O–H groups in total. The minimum atomic E-state index is -4.63. The summed E-state index contributed by atoms with van der Waals surface area (Å²) in [5.41, 5.74) is 0. The summed E-state index contributed by atoms with van der Waals surface area (Å²) in [7, 11) is -4.63. The summed E-state index contributed by atoms with van der Waals surface area (Å²) in [6.07, 6.45) is 41.0. The molecule has 288 valence electrons. The molecule has 0 radical (unpaired) electrons. The lowest BCUT2D eigenvalue weighted by atomic mass is 10.1. The van der Waals surface area contributed by atoms with Crippen LogP contribution in [0.4, 0.5) is 0 Å². The van der Waals surface area contributed by atoms with E-state index in [0.29, 0.717) is 12.8 Å². The second-order valence-electron chi connectivity index (χ2n) is 11.7. The lowest BCUT2D eigenvalue weighted by molar-refractivity contribution is -0.161. The largest absolute Gasteiger partial charge is 0.472 e. The van der Waals surface area contributed by atoms with Crippen molar-refractivity contribution in [3.8, 4) is 0 Å². The summed E-state index contributed by atoms with van der Waals surface area (Å²) in [6, 6.07) is 0. The Kier molecular flexibility index (Phi) is 33.1. The highest BCUT2D eigenvalue weighted by Gasteiger charge is 2.27. The van der Waals surface area contributed by atoms with Crippen molar-refractivity contribution in [2.24, 2.45) is 0 Å². The maximum Gasteiger partial charge on any atom is 0.472 e. The van der Waals surface area contributed by atoms with Crippen LogP contribution in [0.2, 0.25) is 0 Å². The molecule has 0 rings (SSSR count). The van der Waals surface area contributed by atoms with Crippen molar-refractivity contribution in [2.75, 3.05) is 26.4 Å². The molecule has 0 aliphatic heterocycles. The number of hydrogen-bond acceptors (Lipinski definition) is 9. The van der Waals surface area contributed by atoms with Crippen LogP contribution in [-0.4, -0.2) is 65.7 Å². The van der Waals surface area contributed by atoms with E-state index in [1.807, 2.05) is 72.9 Å². The van der Waals surface area contributed by atoms with E-state index in [9.17, 15) is 24.2 Å². The van der Waals surface area contributed by atoms with Crippen LogP contribution in [0.5, 0.6) is 0 Å². The molecule has 0 saturated heterocycles. The van der Waals surface area contributed by atoms with Gasteiger partial charge in [0.15, 0.2) is 6.10 Å². The smallest absolute Gasteiger partial charge is 0.462 e. The Morgan fingerprint density at radius 2 is 1.02 bits per heavy atom. The fraction of sp³-hybridized carbons (Fsp3) is 0.550. The third kappa shape index (κ3) is 35.1. The molecule has 0 spiro atoms. The highest BCUT2D eigenvalue weighted by atomic mass is 31.2. The molecule has 0 saturated carbocycles. The van der Waals surface area contributed by atoms with Crippen LogP contribution in [-0.2, 0) is 32.7 Å². The summed E-state index contributed by atoms with van der Waals surface area (Å²) >= 11 is 0. The molecule has 10 nitrogen and oxygen atoms in total. The minimum absolute atomic E-state index is 0.126. The quantitative estimate of drug-likeness (QED) is 0.0265. The maximum absolute atomic E-state index is 12.5. The van der Waals surface area contributed by atoms with Gasteiger partial charge in [0.1, 0.15) is 12.7 Å². The van der Waals surface area contributed by atoms with E-state index in [4.69, 9.17) is 19.1 Å². The van der Waals surface area contributed by atoms with E-state index >= 15 is 0 Å². The highest BCUT2D eigenvalue weighted by molar-refractivity contribution is 7.47. The number of allylic oxidation sites excluding steroid dienone is 16. The normalized spacial score (nSPS) is 15.2. The first kappa shape index (κ1) is 47.9. The Labute approximate surface area is 306 Å². The molecule has 0 aromatic rings. The van der Waals surface area contributed by atoms with Gasteiger partial charge >= 0.3 is 19.8 Å². The van der Waals surface area contributed by atoms with E-state index in [1.165, 1.54) is 0 Å². The Morgan fingerprint density at radius 1 is 0.588 bits per heavy atom. The van der Waals surface area contributed by atoms with Gasteiger partial charge in [0, 0.05) is 12.8 Å². The van der Waals surface area contributed by atoms with Gasteiger partial charge in [-0.3, -0.25) is 18.6 Å². The number of carbonyl (C=O) groups excluding carboxylic acids is 2. The first-order valence-electron chi connectivity index (χ1n) is 18.3. The summed E-state index contributed by atoms with van der Waals surface area (Å²) in [5, 5.41) is 18.3. The molecule has 0 bridgehead atoms. The van der Waals surface area contributed by atoms with E-state index in [2.05, 4.69) is 42.7 Å². The first-order chi connectivity index (χ1) is 24.7. The number of aliphatic hydroxyl groups is 2.